The van der Waals surface area contributed by atoms with Crippen molar-refractivity contribution in [2.24, 2.45) is 5.41 Å². The first-order chi connectivity index (χ1) is 9.43. The fraction of sp³-hybridized carbons (Fsp3) is 1.00. The number of likely N-dealkylation sites (tertiary alicyclic amines) is 1. The first-order valence-electron chi connectivity index (χ1n) is 8.57. The molecule has 118 valence electrons. The smallest absolute Gasteiger partial charge is 0.0254 e. The van der Waals surface area contributed by atoms with Crippen molar-refractivity contribution in [1.82, 2.24) is 15.1 Å². The summed E-state index contributed by atoms with van der Waals surface area (Å²) in [5.41, 5.74) is 0.505. The zero-order chi connectivity index (χ0) is 14.8. The summed E-state index contributed by atoms with van der Waals surface area (Å²) >= 11 is 0. The molecule has 1 aliphatic heterocycles. The number of likely N-dealkylation sites (N-methyl/N-ethyl adjacent to an activating group) is 3. The summed E-state index contributed by atoms with van der Waals surface area (Å²) in [6.07, 6.45) is 6.75. The van der Waals surface area contributed by atoms with Gasteiger partial charge in [0.15, 0.2) is 0 Å². The maximum absolute atomic E-state index is 3.75. The maximum atomic E-state index is 3.75. The SMILES string of the molecule is CCNC1CCC(C)(C)CC1N(C)C1CCCN(C)C1. The highest BCUT2D eigenvalue weighted by molar-refractivity contribution is 4.96. The maximum Gasteiger partial charge on any atom is 0.0254 e. The molecule has 0 aromatic heterocycles. The van der Waals surface area contributed by atoms with Gasteiger partial charge in [-0.05, 0) is 64.7 Å². The molecular formula is C17H35N3. The molecule has 3 heteroatoms. The first-order valence-corrected chi connectivity index (χ1v) is 8.57. The fourth-order valence-corrected chi connectivity index (χ4v) is 4.22. The van der Waals surface area contributed by atoms with Crippen LogP contribution in [0, 0.1) is 5.41 Å². The minimum absolute atomic E-state index is 0.505. The second-order valence-corrected chi connectivity index (χ2v) is 7.86. The lowest BCUT2D eigenvalue weighted by atomic mass is 9.72. The third-order valence-electron chi connectivity index (χ3n) is 5.52. The van der Waals surface area contributed by atoms with Crippen molar-refractivity contribution >= 4 is 0 Å². The molecule has 0 amide bonds. The topological polar surface area (TPSA) is 18.5 Å². The van der Waals surface area contributed by atoms with Crippen LogP contribution in [0.15, 0.2) is 0 Å². The average molecular weight is 281 g/mol. The summed E-state index contributed by atoms with van der Waals surface area (Å²) < 4.78 is 0. The molecular weight excluding hydrogens is 246 g/mol. The van der Waals surface area contributed by atoms with E-state index >= 15 is 0 Å². The molecule has 2 fully saturated rings. The van der Waals surface area contributed by atoms with Gasteiger partial charge in [0.05, 0.1) is 0 Å². The highest BCUT2D eigenvalue weighted by atomic mass is 15.2. The molecule has 3 unspecified atom stereocenters. The van der Waals surface area contributed by atoms with Crippen LogP contribution in [0.25, 0.3) is 0 Å². The van der Waals surface area contributed by atoms with Crippen LogP contribution in [0.4, 0.5) is 0 Å². The highest BCUT2D eigenvalue weighted by Gasteiger charge is 2.38. The summed E-state index contributed by atoms with van der Waals surface area (Å²) in [7, 11) is 4.65. The van der Waals surface area contributed by atoms with E-state index in [1.54, 1.807) is 0 Å². The Bertz CT molecular complexity index is 303. The minimum atomic E-state index is 0.505. The Balaban J connectivity index is 2.04. The van der Waals surface area contributed by atoms with Gasteiger partial charge in [-0.1, -0.05) is 20.8 Å². The van der Waals surface area contributed by atoms with E-state index in [0.29, 0.717) is 17.5 Å². The molecule has 1 aliphatic carbocycles. The van der Waals surface area contributed by atoms with Crippen molar-refractivity contribution in [1.29, 1.82) is 0 Å². The van der Waals surface area contributed by atoms with Gasteiger partial charge in [0.25, 0.3) is 0 Å². The van der Waals surface area contributed by atoms with Gasteiger partial charge < -0.3 is 10.2 Å². The average Bonchev–Trinajstić information content (AvgIpc) is 2.40. The number of nitrogens with one attached hydrogen (secondary N) is 1. The van der Waals surface area contributed by atoms with Gasteiger partial charge in [-0.15, -0.1) is 0 Å². The Labute approximate surface area is 126 Å². The zero-order valence-corrected chi connectivity index (χ0v) is 14.3. The quantitative estimate of drug-likeness (QED) is 0.854. The Kier molecular flexibility index (Phi) is 5.49. The van der Waals surface area contributed by atoms with Gasteiger partial charge >= 0.3 is 0 Å². The molecule has 2 aliphatic rings. The van der Waals surface area contributed by atoms with Gasteiger partial charge in [-0.2, -0.15) is 0 Å². The molecule has 3 atom stereocenters. The lowest BCUT2D eigenvalue weighted by Gasteiger charge is -2.49. The second-order valence-electron chi connectivity index (χ2n) is 7.86. The minimum Gasteiger partial charge on any atom is -0.313 e. The Hall–Kier alpha value is -0.120. The van der Waals surface area contributed by atoms with Crippen LogP contribution in [0.1, 0.15) is 52.9 Å². The van der Waals surface area contributed by atoms with Crippen molar-refractivity contribution in [2.75, 3.05) is 33.7 Å². The van der Waals surface area contributed by atoms with Crippen LogP contribution in [-0.2, 0) is 0 Å². The lowest BCUT2D eigenvalue weighted by molar-refractivity contribution is 0.0308. The molecule has 1 N–H and O–H groups in total. The number of hydrogen-bond donors (Lipinski definition) is 1. The van der Waals surface area contributed by atoms with Crippen molar-refractivity contribution in [3.8, 4) is 0 Å². The predicted octanol–water partition coefficient (Wildman–Crippen LogP) is 2.57. The Morgan fingerprint density at radius 3 is 2.70 bits per heavy atom. The third-order valence-corrected chi connectivity index (χ3v) is 5.52. The lowest BCUT2D eigenvalue weighted by Crippen LogP contribution is -2.58. The van der Waals surface area contributed by atoms with E-state index in [0.717, 1.165) is 12.6 Å². The molecule has 0 bridgehead atoms. The van der Waals surface area contributed by atoms with Gasteiger partial charge in [0.1, 0.15) is 0 Å². The summed E-state index contributed by atoms with van der Waals surface area (Å²) in [5, 5.41) is 3.75. The zero-order valence-electron chi connectivity index (χ0n) is 14.3. The van der Waals surface area contributed by atoms with Crippen molar-refractivity contribution < 1.29 is 0 Å². The second kappa shape index (κ2) is 6.76. The van der Waals surface area contributed by atoms with Gasteiger partial charge in [0.2, 0.25) is 0 Å². The van der Waals surface area contributed by atoms with Crippen LogP contribution < -0.4 is 5.32 Å². The van der Waals surface area contributed by atoms with Gasteiger partial charge in [-0.25, -0.2) is 0 Å². The number of hydrogen-bond acceptors (Lipinski definition) is 3. The van der Waals surface area contributed by atoms with Crippen molar-refractivity contribution in [3.63, 3.8) is 0 Å². The van der Waals surface area contributed by atoms with Crippen molar-refractivity contribution in [2.45, 2.75) is 71.0 Å². The first kappa shape index (κ1) is 16.3. The Morgan fingerprint density at radius 1 is 1.30 bits per heavy atom. The number of rotatable bonds is 4. The summed E-state index contributed by atoms with van der Waals surface area (Å²) in [6, 6.07) is 2.13. The van der Waals surface area contributed by atoms with E-state index in [9.17, 15) is 0 Å². The summed E-state index contributed by atoms with van der Waals surface area (Å²) in [5.74, 6) is 0. The Morgan fingerprint density at radius 2 is 2.05 bits per heavy atom. The van der Waals surface area contributed by atoms with Crippen LogP contribution in [-0.4, -0.2) is 61.7 Å². The molecule has 0 aromatic carbocycles. The monoisotopic (exact) mass is 281 g/mol. The highest BCUT2D eigenvalue weighted by Crippen LogP contribution is 2.38. The summed E-state index contributed by atoms with van der Waals surface area (Å²) in [4.78, 5) is 5.21. The number of nitrogens with zero attached hydrogens (tertiary/aromatic N) is 2. The van der Waals surface area contributed by atoms with Gasteiger partial charge in [0, 0.05) is 24.7 Å². The normalized spacial score (nSPS) is 35.4. The van der Waals surface area contributed by atoms with E-state index < -0.39 is 0 Å². The van der Waals surface area contributed by atoms with E-state index in [2.05, 4.69) is 50.0 Å². The molecule has 2 rings (SSSR count). The molecule has 1 saturated carbocycles. The predicted molar refractivity (Wildman–Crippen MR) is 87.2 cm³/mol. The molecule has 0 aromatic rings. The van der Waals surface area contributed by atoms with E-state index in [1.165, 1.54) is 45.2 Å². The fourth-order valence-electron chi connectivity index (χ4n) is 4.22. The summed E-state index contributed by atoms with van der Waals surface area (Å²) in [6.45, 7) is 10.8. The number of piperidine rings is 1. The molecule has 0 spiro atoms. The van der Waals surface area contributed by atoms with Crippen LogP contribution in [0.5, 0.6) is 0 Å². The molecule has 0 radical (unpaired) electrons. The van der Waals surface area contributed by atoms with Crippen LogP contribution in [0.2, 0.25) is 0 Å². The third kappa shape index (κ3) is 3.96. The van der Waals surface area contributed by atoms with E-state index in [-0.39, 0.29) is 0 Å². The van der Waals surface area contributed by atoms with E-state index in [4.69, 9.17) is 0 Å². The standard InChI is InChI=1S/C17H35N3/c1-6-18-15-9-10-17(2,3)12-16(15)20(5)14-8-7-11-19(4)13-14/h14-16,18H,6-13H2,1-5H3. The van der Waals surface area contributed by atoms with Crippen LogP contribution in [0.3, 0.4) is 0 Å². The van der Waals surface area contributed by atoms with Crippen LogP contribution >= 0.6 is 0 Å². The molecule has 20 heavy (non-hydrogen) atoms. The van der Waals surface area contributed by atoms with E-state index in [1.807, 2.05) is 0 Å². The molecule has 3 nitrogen and oxygen atoms in total. The largest absolute Gasteiger partial charge is 0.313 e. The van der Waals surface area contributed by atoms with Crippen molar-refractivity contribution in [3.05, 3.63) is 0 Å². The van der Waals surface area contributed by atoms with Gasteiger partial charge in [-0.3, -0.25) is 4.90 Å². The molecule has 1 heterocycles. The molecule has 1 saturated heterocycles.